The molecule has 8 heteroatoms. The van der Waals surface area contributed by atoms with Crippen molar-refractivity contribution in [3.8, 4) is 22.8 Å². The van der Waals surface area contributed by atoms with Crippen LogP contribution in [-0.4, -0.2) is 17.0 Å². The molecule has 0 spiro atoms. The van der Waals surface area contributed by atoms with Crippen LogP contribution in [-0.2, 0) is 4.79 Å². The summed E-state index contributed by atoms with van der Waals surface area (Å²) in [5, 5.41) is 12.2. The summed E-state index contributed by atoms with van der Waals surface area (Å²) in [5.41, 5.74) is 1.53. The summed E-state index contributed by atoms with van der Waals surface area (Å²) in [6, 6.07) is 13.3. The highest BCUT2D eigenvalue weighted by molar-refractivity contribution is 7.13. The minimum atomic E-state index is -0.307. The van der Waals surface area contributed by atoms with E-state index in [-0.39, 0.29) is 23.7 Å². The molecule has 152 valence electrons. The molecule has 1 heterocycles. The number of carbonyl (C=O) groups is 1. The van der Waals surface area contributed by atoms with Gasteiger partial charge in [-0.05, 0) is 67.8 Å². The Hall–Kier alpha value is -3.44. The Morgan fingerprint density at radius 3 is 2.70 bits per heavy atom. The van der Waals surface area contributed by atoms with Crippen LogP contribution in [0.3, 0.4) is 0 Å². The number of carbonyl (C=O) groups excluding carboxylic acids is 1. The number of benzene rings is 2. The van der Waals surface area contributed by atoms with Crippen LogP contribution in [0.5, 0.6) is 16.7 Å². The lowest BCUT2D eigenvalue weighted by Gasteiger charge is -2.34. The van der Waals surface area contributed by atoms with Crippen LogP contribution in [0.15, 0.2) is 48.7 Å². The van der Waals surface area contributed by atoms with E-state index in [1.165, 1.54) is 29.7 Å². The van der Waals surface area contributed by atoms with Gasteiger partial charge in [0.05, 0.1) is 6.20 Å². The van der Waals surface area contributed by atoms with Crippen molar-refractivity contribution in [3.63, 3.8) is 0 Å². The highest BCUT2D eigenvalue weighted by Crippen LogP contribution is 2.34. The molecule has 1 saturated carbocycles. The van der Waals surface area contributed by atoms with Gasteiger partial charge in [0.1, 0.15) is 34.4 Å². The minimum Gasteiger partial charge on any atom is -0.490 e. The van der Waals surface area contributed by atoms with Crippen LogP contribution in [0.25, 0.3) is 0 Å². The van der Waals surface area contributed by atoms with Crippen LogP contribution in [0.1, 0.15) is 23.3 Å². The predicted molar refractivity (Wildman–Crippen MR) is 110 cm³/mol. The molecule has 1 amide bonds. The Labute approximate surface area is 176 Å². The van der Waals surface area contributed by atoms with Gasteiger partial charge in [0, 0.05) is 11.6 Å². The van der Waals surface area contributed by atoms with E-state index in [1.54, 1.807) is 24.3 Å². The number of thiazole rings is 1. The highest BCUT2D eigenvalue weighted by Gasteiger charge is 2.36. The van der Waals surface area contributed by atoms with Crippen molar-refractivity contribution in [1.82, 2.24) is 4.98 Å². The van der Waals surface area contributed by atoms with Crippen LogP contribution < -0.4 is 14.8 Å². The summed E-state index contributed by atoms with van der Waals surface area (Å²) < 4.78 is 24.4. The fourth-order valence-electron chi connectivity index (χ4n) is 3.12. The van der Waals surface area contributed by atoms with Gasteiger partial charge in [-0.1, -0.05) is 11.3 Å². The van der Waals surface area contributed by atoms with Crippen LogP contribution in [0, 0.1) is 30.0 Å². The Balaban J connectivity index is 1.29. The second kappa shape index (κ2) is 8.51. The maximum absolute atomic E-state index is 12.9. The number of hydrogen-bond donors (Lipinski definition) is 1. The molecule has 30 heavy (non-hydrogen) atoms. The first-order valence-corrected chi connectivity index (χ1v) is 10.2. The lowest BCUT2D eigenvalue weighted by atomic mass is 9.81. The average molecular weight is 423 g/mol. The first-order chi connectivity index (χ1) is 14.5. The SMILES string of the molecule is Cc1cc(NC(=O)C2CC(Oc3ccc(F)cc3)C2)ccc1Oc1ncc(C#N)s1. The molecule has 0 unspecified atom stereocenters. The van der Waals surface area contributed by atoms with Gasteiger partial charge in [-0.2, -0.15) is 5.26 Å². The topological polar surface area (TPSA) is 84.2 Å². The molecular weight excluding hydrogens is 405 g/mol. The molecule has 0 atom stereocenters. The van der Waals surface area contributed by atoms with Crippen molar-refractivity contribution in [2.45, 2.75) is 25.9 Å². The van der Waals surface area contributed by atoms with Crippen LogP contribution in [0.2, 0.25) is 0 Å². The summed E-state index contributed by atoms with van der Waals surface area (Å²) in [4.78, 5) is 17.0. The van der Waals surface area contributed by atoms with Crippen molar-refractivity contribution in [2.24, 2.45) is 5.92 Å². The van der Waals surface area contributed by atoms with Gasteiger partial charge in [0.2, 0.25) is 5.91 Å². The van der Waals surface area contributed by atoms with Crippen LogP contribution in [0.4, 0.5) is 10.1 Å². The third kappa shape index (κ3) is 4.58. The van der Waals surface area contributed by atoms with Gasteiger partial charge in [0.15, 0.2) is 0 Å². The maximum atomic E-state index is 12.9. The molecule has 1 N–H and O–H groups in total. The first kappa shape index (κ1) is 19.9. The molecule has 0 radical (unpaired) electrons. The molecule has 3 aromatic rings. The van der Waals surface area contributed by atoms with Crippen LogP contribution >= 0.6 is 11.3 Å². The lowest BCUT2D eigenvalue weighted by molar-refractivity contribution is -0.125. The van der Waals surface area contributed by atoms with Gasteiger partial charge in [-0.25, -0.2) is 9.37 Å². The van der Waals surface area contributed by atoms with E-state index in [9.17, 15) is 9.18 Å². The summed E-state index contributed by atoms with van der Waals surface area (Å²) >= 11 is 1.17. The van der Waals surface area contributed by atoms with E-state index in [0.717, 1.165) is 5.56 Å². The smallest absolute Gasteiger partial charge is 0.279 e. The van der Waals surface area contributed by atoms with Gasteiger partial charge >= 0.3 is 0 Å². The van der Waals surface area contributed by atoms with E-state index in [2.05, 4.69) is 10.3 Å². The molecule has 4 rings (SSSR count). The highest BCUT2D eigenvalue weighted by atomic mass is 32.1. The number of nitriles is 1. The molecule has 0 saturated heterocycles. The fraction of sp³-hybridized carbons (Fsp3) is 0.227. The summed E-state index contributed by atoms with van der Waals surface area (Å²) in [6.07, 6.45) is 2.67. The zero-order chi connectivity index (χ0) is 21.1. The van der Waals surface area contributed by atoms with E-state index < -0.39 is 0 Å². The Bertz CT molecular complexity index is 1100. The Morgan fingerprint density at radius 1 is 1.27 bits per heavy atom. The molecule has 0 aliphatic heterocycles. The predicted octanol–water partition coefficient (Wildman–Crippen LogP) is 5.05. The molecule has 6 nitrogen and oxygen atoms in total. The number of anilines is 1. The van der Waals surface area contributed by atoms with Crippen molar-refractivity contribution >= 4 is 22.9 Å². The third-order valence-corrected chi connectivity index (χ3v) is 5.60. The molecular formula is C22H18FN3O3S. The van der Waals surface area contributed by atoms with Gasteiger partial charge < -0.3 is 14.8 Å². The van der Waals surface area contributed by atoms with E-state index in [1.807, 2.05) is 19.1 Å². The monoisotopic (exact) mass is 423 g/mol. The summed E-state index contributed by atoms with van der Waals surface area (Å²) in [6.45, 7) is 1.87. The third-order valence-electron chi connectivity index (χ3n) is 4.82. The number of aromatic nitrogens is 1. The van der Waals surface area contributed by atoms with Crippen molar-refractivity contribution < 1.29 is 18.7 Å². The van der Waals surface area contributed by atoms with Crippen molar-refractivity contribution in [1.29, 1.82) is 5.26 Å². The van der Waals surface area contributed by atoms with Gasteiger partial charge in [-0.15, -0.1) is 0 Å². The fourth-order valence-corrected chi connectivity index (χ4v) is 3.69. The number of rotatable bonds is 6. The van der Waals surface area contributed by atoms with E-state index >= 15 is 0 Å². The molecule has 1 aliphatic rings. The molecule has 0 bridgehead atoms. The van der Waals surface area contributed by atoms with Gasteiger partial charge in [0.25, 0.3) is 5.19 Å². The average Bonchev–Trinajstić information content (AvgIpc) is 3.15. The quantitative estimate of drug-likeness (QED) is 0.600. The molecule has 1 aliphatic carbocycles. The number of hydrogen-bond acceptors (Lipinski definition) is 6. The number of nitrogens with zero attached hydrogens (tertiary/aromatic N) is 2. The number of aryl methyl sites for hydroxylation is 1. The molecule has 2 aromatic carbocycles. The van der Waals surface area contributed by atoms with E-state index in [0.29, 0.717) is 40.1 Å². The number of amides is 1. The number of nitrogens with one attached hydrogen (secondary N) is 1. The largest absolute Gasteiger partial charge is 0.490 e. The molecule has 1 aromatic heterocycles. The zero-order valence-electron chi connectivity index (χ0n) is 16.1. The minimum absolute atomic E-state index is 0.0414. The van der Waals surface area contributed by atoms with E-state index in [4.69, 9.17) is 14.7 Å². The second-order valence-corrected chi connectivity index (χ2v) is 8.03. The first-order valence-electron chi connectivity index (χ1n) is 9.37. The second-order valence-electron chi connectivity index (χ2n) is 7.04. The van der Waals surface area contributed by atoms with Gasteiger partial charge in [-0.3, -0.25) is 4.79 Å². The Morgan fingerprint density at radius 2 is 2.03 bits per heavy atom. The van der Waals surface area contributed by atoms with Crippen molar-refractivity contribution in [2.75, 3.05) is 5.32 Å². The standard InChI is InChI=1S/C22H18FN3O3S/c1-13-8-16(4-7-20(13)29-22-25-12-19(11-24)30-22)26-21(27)14-9-18(10-14)28-17-5-2-15(23)3-6-17/h2-8,12,14,18H,9-10H2,1H3,(H,26,27). The summed E-state index contributed by atoms with van der Waals surface area (Å²) in [5.74, 6) is 0.738. The summed E-state index contributed by atoms with van der Waals surface area (Å²) in [7, 11) is 0. The molecule has 1 fully saturated rings. The number of halogens is 1. The lowest BCUT2D eigenvalue weighted by Crippen LogP contribution is -2.40. The normalized spacial score (nSPS) is 17.5. The number of ether oxygens (including phenoxy) is 2. The zero-order valence-corrected chi connectivity index (χ0v) is 16.9. The maximum Gasteiger partial charge on any atom is 0.279 e. The Kier molecular flexibility index (Phi) is 5.63. The van der Waals surface area contributed by atoms with Crippen molar-refractivity contribution in [3.05, 3.63) is 64.9 Å².